The van der Waals surface area contributed by atoms with Gasteiger partial charge in [-0.25, -0.2) is 4.79 Å². The SMILES string of the molecule is CC/C=C/C(=O)OC1CCC(c2ccc(OC)cc2)CC1. The summed E-state index contributed by atoms with van der Waals surface area (Å²) >= 11 is 0. The summed E-state index contributed by atoms with van der Waals surface area (Å²) in [7, 11) is 1.68. The van der Waals surface area contributed by atoms with Gasteiger partial charge in [-0.2, -0.15) is 0 Å². The van der Waals surface area contributed by atoms with Gasteiger partial charge in [0.1, 0.15) is 11.9 Å². The number of carbonyl (C=O) groups excluding carboxylic acids is 1. The number of rotatable bonds is 5. The second-order valence-corrected chi connectivity index (χ2v) is 5.49. The Kier molecular flexibility index (Phi) is 5.85. The fourth-order valence-electron chi connectivity index (χ4n) is 2.81. The summed E-state index contributed by atoms with van der Waals surface area (Å²) in [5, 5.41) is 0. The molecule has 0 bridgehead atoms. The molecule has 0 unspecified atom stereocenters. The summed E-state index contributed by atoms with van der Waals surface area (Å²) in [6, 6.07) is 8.30. The highest BCUT2D eigenvalue weighted by atomic mass is 16.5. The number of hydrogen-bond donors (Lipinski definition) is 0. The van der Waals surface area contributed by atoms with E-state index in [1.807, 2.05) is 25.1 Å². The number of allylic oxidation sites excluding steroid dienone is 1. The van der Waals surface area contributed by atoms with Crippen LogP contribution in [0.15, 0.2) is 36.4 Å². The van der Waals surface area contributed by atoms with Crippen LogP contribution < -0.4 is 4.74 Å². The predicted octanol–water partition coefficient (Wildman–Crippen LogP) is 4.23. The molecular weight excluding hydrogens is 264 g/mol. The van der Waals surface area contributed by atoms with E-state index >= 15 is 0 Å². The summed E-state index contributed by atoms with van der Waals surface area (Å²) < 4.78 is 10.7. The molecule has 114 valence electrons. The van der Waals surface area contributed by atoms with Crippen molar-refractivity contribution < 1.29 is 14.3 Å². The first-order valence-corrected chi connectivity index (χ1v) is 7.74. The van der Waals surface area contributed by atoms with Gasteiger partial charge in [0.25, 0.3) is 0 Å². The van der Waals surface area contributed by atoms with E-state index in [9.17, 15) is 4.79 Å². The van der Waals surface area contributed by atoms with Crippen molar-refractivity contribution in [1.82, 2.24) is 0 Å². The highest BCUT2D eigenvalue weighted by molar-refractivity contribution is 5.82. The molecular formula is C18H24O3. The number of benzene rings is 1. The summed E-state index contributed by atoms with van der Waals surface area (Å²) in [6.07, 6.45) is 8.35. The van der Waals surface area contributed by atoms with Gasteiger partial charge in [-0.3, -0.25) is 0 Å². The van der Waals surface area contributed by atoms with Crippen molar-refractivity contribution in [2.24, 2.45) is 0 Å². The fourth-order valence-corrected chi connectivity index (χ4v) is 2.81. The third kappa shape index (κ3) is 4.62. The minimum absolute atomic E-state index is 0.0773. The van der Waals surface area contributed by atoms with E-state index in [2.05, 4.69) is 12.1 Å². The minimum atomic E-state index is -0.204. The Balaban J connectivity index is 1.82. The van der Waals surface area contributed by atoms with E-state index < -0.39 is 0 Å². The molecule has 21 heavy (non-hydrogen) atoms. The molecule has 3 heteroatoms. The molecule has 0 aromatic heterocycles. The van der Waals surface area contributed by atoms with E-state index in [0.717, 1.165) is 37.9 Å². The van der Waals surface area contributed by atoms with Gasteiger partial charge < -0.3 is 9.47 Å². The third-order valence-electron chi connectivity index (χ3n) is 4.03. The topological polar surface area (TPSA) is 35.5 Å². The Bertz CT molecular complexity index is 468. The molecule has 0 spiro atoms. The maximum Gasteiger partial charge on any atom is 0.330 e. The normalized spacial score (nSPS) is 22.2. The van der Waals surface area contributed by atoms with Gasteiger partial charge in [0.2, 0.25) is 0 Å². The predicted molar refractivity (Wildman–Crippen MR) is 83.5 cm³/mol. The van der Waals surface area contributed by atoms with Gasteiger partial charge in [-0.1, -0.05) is 25.1 Å². The fraction of sp³-hybridized carbons (Fsp3) is 0.500. The number of methoxy groups -OCH3 is 1. The zero-order chi connectivity index (χ0) is 15.1. The van der Waals surface area contributed by atoms with Crippen molar-refractivity contribution in [3.63, 3.8) is 0 Å². The Morgan fingerprint density at radius 2 is 1.86 bits per heavy atom. The second kappa shape index (κ2) is 7.87. The van der Waals surface area contributed by atoms with Crippen LogP contribution in [-0.4, -0.2) is 19.2 Å². The van der Waals surface area contributed by atoms with Crippen molar-refractivity contribution in [3.05, 3.63) is 42.0 Å². The monoisotopic (exact) mass is 288 g/mol. The smallest absolute Gasteiger partial charge is 0.330 e. The van der Waals surface area contributed by atoms with Crippen molar-refractivity contribution in [3.8, 4) is 5.75 Å². The largest absolute Gasteiger partial charge is 0.497 e. The first-order valence-electron chi connectivity index (χ1n) is 7.74. The van der Waals surface area contributed by atoms with Crippen LogP contribution in [-0.2, 0) is 9.53 Å². The van der Waals surface area contributed by atoms with Crippen LogP contribution in [0.25, 0.3) is 0 Å². The van der Waals surface area contributed by atoms with Gasteiger partial charge >= 0.3 is 5.97 Å². The number of ether oxygens (including phenoxy) is 2. The maximum absolute atomic E-state index is 11.6. The van der Waals surface area contributed by atoms with E-state index in [-0.39, 0.29) is 12.1 Å². The first kappa shape index (κ1) is 15.6. The summed E-state index contributed by atoms with van der Waals surface area (Å²) in [5.74, 6) is 1.26. The van der Waals surface area contributed by atoms with Crippen LogP contribution >= 0.6 is 0 Å². The van der Waals surface area contributed by atoms with Gasteiger partial charge in [0.05, 0.1) is 7.11 Å². The molecule has 1 aliphatic carbocycles. The lowest BCUT2D eigenvalue weighted by Gasteiger charge is -2.28. The number of carbonyl (C=O) groups is 1. The third-order valence-corrected chi connectivity index (χ3v) is 4.03. The van der Waals surface area contributed by atoms with E-state index in [1.54, 1.807) is 7.11 Å². The molecule has 1 saturated carbocycles. The van der Waals surface area contributed by atoms with Crippen molar-refractivity contribution in [2.75, 3.05) is 7.11 Å². The molecule has 0 aliphatic heterocycles. The Morgan fingerprint density at radius 3 is 2.43 bits per heavy atom. The van der Waals surface area contributed by atoms with Crippen molar-refractivity contribution >= 4 is 5.97 Å². The lowest BCUT2D eigenvalue weighted by Crippen LogP contribution is -2.23. The Morgan fingerprint density at radius 1 is 1.19 bits per heavy atom. The van der Waals surface area contributed by atoms with Gasteiger partial charge in [0.15, 0.2) is 0 Å². The highest BCUT2D eigenvalue weighted by Crippen LogP contribution is 2.34. The standard InChI is InChI=1S/C18H24O3/c1-3-4-5-18(19)21-17-12-8-15(9-13-17)14-6-10-16(20-2)11-7-14/h4-7,10-11,15,17H,3,8-9,12-13H2,1-2H3/b5-4+. The van der Waals surface area contributed by atoms with Gasteiger partial charge in [-0.15, -0.1) is 0 Å². The zero-order valence-electron chi connectivity index (χ0n) is 12.9. The average molecular weight is 288 g/mol. The lowest BCUT2D eigenvalue weighted by atomic mass is 9.83. The van der Waals surface area contributed by atoms with Gasteiger partial charge in [0, 0.05) is 6.08 Å². The molecule has 0 heterocycles. The molecule has 1 aromatic rings. The molecule has 1 aromatic carbocycles. The summed E-state index contributed by atoms with van der Waals surface area (Å²) in [6.45, 7) is 2.00. The van der Waals surface area contributed by atoms with Crippen LogP contribution in [0.5, 0.6) is 5.75 Å². The zero-order valence-corrected chi connectivity index (χ0v) is 12.9. The molecule has 1 aliphatic rings. The molecule has 2 rings (SSSR count). The van der Waals surface area contributed by atoms with Crippen LogP contribution in [0.2, 0.25) is 0 Å². The molecule has 0 atom stereocenters. The first-order chi connectivity index (χ1) is 10.2. The molecule has 0 N–H and O–H groups in total. The van der Waals surface area contributed by atoms with E-state index in [0.29, 0.717) is 5.92 Å². The van der Waals surface area contributed by atoms with Crippen molar-refractivity contribution in [1.29, 1.82) is 0 Å². The minimum Gasteiger partial charge on any atom is -0.497 e. The molecule has 0 radical (unpaired) electrons. The molecule has 1 fully saturated rings. The van der Waals surface area contributed by atoms with Crippen molar-refractivity contribution in [2.45, 2.75) is 51.0 Å². The molecule has 0 saturated heterocycles. The Labute approximate surface area is 127 Å². The number of hydrogen-bond acceptors (Lipinski definition) is 3. The average Bonchev–Trinajstić information content (AvgIpc) is 2.54. The highest BCUT2D eigenvalue weighted by Gasteiger charge is 2.24. The van der Waals surface area contributed by atoms with Crippen LogP contribution in [0.4, 0.5) is 0 Å². The Hall–Kier alpha value is -1.77. The van der Waals surface area contributed by atoms with Crippen LogP contribution in [0.1, 0.15) is 50.5 Å². The van der Waals surface area contributed by atoms with Crippen LogP contribution in [0, 0.1) is 0 Å². The number of esters is 1. The summed E-state index contributed by atoms with van der Waals surface area (Å²) in [4.78, 5) is 11.6. The van der Waals surface area contributed by atoms with E-state index in [4.69, 9.17) is 9.47 Å². The van der Waals surface area contributed by atoms with E-state index in [1.165, 1.54) is 11.6 Å². The molecule has 3 nitrogen and oxygen atoms in total. The summed E-state index contributed by atoms with van der Waals surface area (Å²) in [5.41, 5.74) is 1.35. The second-order valence-electron chi connectivity index (χ2n) is 5.49. The molecule has 0 amide bonds. The maximum atomic E-state index is 11.6. The lowest BCUT2D eigenvalue weighted by molar-refractivity contribution is -0.144. The van der Waals surface area contributed by atoms with Crippen LogP contribution in [0.3, 0.4) is 0 Å². The quantitative estimate of drug-likeness (QED) is 0.601. The van der Waals surface area contributed by atoms with Gasteiger partial charge in [-0.05, 0) is 55.7 Å².